The molecule has 0 spiro atoms. The van der Waals surface area contributed by atoms with Gasteiger partial charge < -0.3 is 5.32 Å². The third-order valence-electron chi connectivity index (χ3n) is 1.74. The molecule has 0 aromatic heterocycles. The van der Waals surface area contributed by atoms with E-state index in [0.717, 1.165) is 6.07 Å². The highest BCUT2D eigenvalue weighted by molar-refractivity contribution is 5.93. The Bertz CT molecular complexity index is 428. The van der Waals surface area contributed by atoms with E-state index in [-0.39, 0.29) is 6.07 Å². The third kappa shape index (κ3) is 3.36. The number of rotatable bonds is 2. The molecule has 8 heteroatoms. The maximum absolute atomic E-state index is 12.8. The SMILES string of the molecule is O=C(Nc1ccc(F)c(C(F)(F)F)c1)C(F)F. The van der Waals surface area contributed by atoms with Crippen LogP contribution >= 0.6 is 0 Å². The fourth-order valence-electron chi connectivity index (χ4n) is 1.02. The minimum atomic E-state index is -4.96. The number of halogens is 6. The monoisotopic (exact) mass is 257 g/mol. The first kappa shape index (κ1) is 13.3. The summed E-state index contributed by atoms with van der Waals surface area (Å²) in [5, 5.41) is 1.53. The largest absolute Gasteiger partial charge is 0.419 e. The molecular formula is C9H5F6NO. The van der Waals surface area contributed by atoms with Crippen LogP contribution in [-0.2, 0) is 11.0 Å². The van der Waals surface area contributed by atoms with Crippen LogP contribution < -0.4 is 5.32 Å². The summed E-state index contributed by atoms with van der Waals surface area (Å²) in [5.41, 5.74) is -2.19. The van der Waals surface area contributed by atoms with E-state index in [4.69, 9.17) is 0 Å². The van der Waals surface area contributed by atoms with Crippen molar-refractivity contribution in [1.82, 2.24) is 0 Å². The summed E-state index contributed by atoms with van der Waals surface area (Å²) in [6.07, 6.45) is -8.33. The van der Waals surface area contributed by atoms with Crippen molar-refractivity contribution in [2.75, 3.05) is 5.32 Å². The van der Waals surface area contributed by atoms with Gasteiger partial charge in [0.05, 0.1) is 5.56 Å². The van der Waals surface area contributed by atoms with E-state index in [1.165, 1.54) is 5.32 Å². The van der Waals surface area contributed by atoms with Gasteiger partial charge in [0.2, 0.25) is 0 Å². The molecule has 0 aliphatic carbocycles. The average molecular weight is 257 g/mol. The normalized spacial score (nSPS) is 11.7. The molecule has 0 radical (unpaired) electrons. The Morgan fingerprint density at radius 3 is 2.29 bits per heavy atom. The van der Waals surface area contributed by atoms with Gasteiger partial charge >= 0.3 is 12.6 Å². The van der Waals surface area contributed by atoms with Gasteiger partial charge in [0, 0.05) is 5.69 Å². The second-order valence-electron chi connectivity index (χ2n) is 2.98. The highest BCUT2D eigenvalue weighted by Gasteiger charge is 2.34. The quantitative estimate of drug-likeness (QED) is 0.810. The first-order chi connectivity index (χ1) is 7.71. The smallest absolute Gasteiger partial charge is 0.321 e. The predicted molar refractivity (Wildman–Crippen MR) is 46.0 cm³/mol. The van der Waals surface area contributed by atoms with Gasteiger partial charge in [-0.05, 0) is 18.2 Å². The summed E-state index contributed by atoms with van der Waals surface area (Å²) in [7, 11) is 0. The van der Waals surface area contributed by atoms with Crippen molar-refractivity contribution in [2.45, 2.75) is 12.6 Å². The zero-order valence-electron chi connectivity index (χ0n) is 7.99. The maximum Gasteiger partial charge on any atom is 0.419 e. The standard InChI is InChI=1S/C9H5F6NO/c10-6-2-1-4(16-8(17)7(11)12)3-5(6)9(13,14)15/h1-3,7H,(H,16,17). The molecule has 17 heavy (non-hydrogen) atoms. The van der Waals surface area contributed by atoms with Crippen LogP contribution in [0.1, 0.15) is 5.56 Å². The Morgan fingerprint density at radius 1 is 1.24 bits per heavy atom. The summed E-state index contributed by atoms with van der Waals surface area (Å²) in [6.45, 7) is 0. The lowest BCUT2D eigenvalue weighted by Crippen LogP contribution is -2.20. The van der Waals surface area contributed by atoms with Gasteiger partial charge in [0.15, 0.2) is 0 Å². The molecule has 2 nitrogen and oxygen atoms in total. The number of nitrogens with one attached hydrogen (secondary N) is 1. The number of hydrogen-bond donors (Lipinski definition) is 1. The molecule has 94 valence electrons. The first-order valence-electron chi connectivity index (χ1n) is 4.17. The minimum Gasteiger partial charge on any atom is -0.321 e. The summed E-state index contributed by atoms with van der Waals surface area (Å²) in [6, 6.07) is 1.43. The number of hydrogen-bond acceptors (Lipinski definition) is 1. The predicted octanol–water partition coefficient (Wildman–Crippen LogP) is 3.05. The highest BCUT2D eigenvalue weighted by Crippen LogP contribution is 2.32. The van der Waals surface area contributed by atoms with E-state index in [2.05, 4.69) is 0 Å². The molecule has 0 fully saturated rings. The molecule has 1 aromatic carbocycles. The number of anilines is 1. The third-order valence-corrected chi connectivity index (χ3v) is 1.74. The molecule has 1 amide bonds. The van der Waals surface area contributed by atoms with Gasteiger partial charge in [-0.1, -0.05) is 0 Å². The molecule has 0 aliphatic rings. The number of alkyl halides is 5. The molecule has 0 aliphatic heterocycles. The highest BCUT2D eigenvalue weighted by atomic mass is 19.4. The lowest BCUT2D eigenvalue weighted by atomic mass is 10.2. The lowest BCUT2D eigenvalue weighted by Gasteiger charge is -2.10. The molecule has 1 rings (SSSR count). The van der Waals surface area contributed by atoms with Crippen LogP contribution in [-0.4, -0.2) is 12.3 Å². The van der Waals surface area contributed by atoms with Gasteiger partial charge in [0.25, 0.3) is 5.91 Å². The molecule has 0 heterocycles. The topological polar surface area (TPSA) is 29.1 Å². The zero-order chi connectivity index (χ0) is 13.2. The molecular weight excluding hydrogens is 252 g/mol. The van der Waals surface area contributed by atoms with Gasteiger partial charge in [-0.2, -0.15) is 22.0 Å². The van der Waals surface area contributed by atoms with Crippen LogP contribution in [0.4, 0.5) is 32.0 Å². The van der Waals surface area contributed by atoms with E-state index < -0.39 is 35.6 Å². The Kier molecular flexibility index (Phi) is 3.64. The van der Waals surface area contributed by atoms with Gasteiger partial charge in [-0.3, -0.25) is 4.79 Å². The first-order valence-corrected chi connectivity index (χ1v) is 4.17. The van der Waals surface area contributed by atoms with Crippen molar-refractivity contribution >= 4 is 11.6 Å². The molecule has 0 bridgehead atoms. The van der Waals surface area contributed by atoms with Crippen LogP contribution in [0.25, 0.3) is 0 Å². The number of amides is 1. The number of carbonyl (C=O) groups excluding carboxylic acids is 1. The van der Waals surface area contributed by atoms with Crippen molar-refractivity contribution in [3.63, 3.8) is 0 Å². The van der Waals surface area contributed by atoms with E-state index in [0.29, 0.717) is 6.07 Å². The average Bonchev–Trinajstić information content (AvgIpc) is 2.19. The zero-order valence-corrected chi connectivity index (χ0v) is 7.99. The number of benzene rings is 1. The second-order valence-corrected chi connectivity index (χ2v) is 2.98. The van der Waals surface area contributed by atoms with E-state index in [1.54, 1.807) is 0 Å². The molecule has 0 saturated carbocycles. The fourth-order valence-corrected chi connectivity index (χ4v) is 1.02. The van der Waals surface area contributed by atoms with Crippen molar-refractivity contribution in [2.24, 2.45) is 0 Å². The minimum absolute atomic E-state index is 0.246. The van der Waals surface area contributed by atoms with Crippen molar-refractivity contribution < 1.29 is 31.1 Å². The summed E-state index contributed by atoms with van der Waals surface area (Å²) < 4.78 is 73.1. The lowest BCUT2D eigenvalue weighted by molar-refractivity contribution is -0.140. The summed E-state index contributed by atoms with van der Waals surface area (Å²) in [4.78, 5) is 10.5. The maximum atomic E-state index is 12.8. The Morgan fingerprint density at radius 2 is 1.82 bits per heavy atom. The van der Waals surface area contributed by atoms with Crippen LogP contribution in [0.2, 0.25) is 0 Å². The van der Waals surface area contributed by atoms with Crippen LogP contribution in [0.15, 0.2) is 18.2 Å². The molecule has 0 atom stereocenters. The van der Waals surface area contributed by atoms with Gasteiger partial charge in [-0.25, -0.2) is 4.39 Å². The molecule has 1 N–H and O–H groups in total. The van der Waals surface area contributed by atoms with Gasteiger partial charge in [-0.15, -0.1) is 0 Å². The van der Waals surface area contributed by atoms with E-state index in [1.807, 2.05) is 0 Å². The van der Waals surface area contributed by atoms with E-state index >= 15 is 0 Å². The molecule has 0 unspecified atom stereocenters. The van der Waals surface area contributed by atoms with Crippen LogP contribution in [0.3, 0.4) is 0 Å². The second kappa shape index (κ2) is 4.64. The Labute approximate surface area is 91.2 Å². The van der Waals surface area contributed by atoms with Crippen LogP contribution in [0, 0.1) is 5.82 Å². The molecule has 1 aromatic rings. The Hall–Kier alpha value is -1.73. The number of carbonyl (C=O) groups is 1. The van der Waals surface area contributed by atoms with Crippen molar-refractivity contribution in [3.8, 4) is 0 Å². The summed E-state index contributed by atoms with van der Waals surface area (Å²) in [5.74, 6) is -3.31. The Balaban J connectivity index is 3.01. The fraction of sp³-hybridized carbons (Fsp3) is 0.222. The summed E-state index contributed by atoms with van der Waals surface area (Å²) >= 11 is 0. The molecule has 0 saturated heterocycles. The van der Waals surface area contributed by atoms with Gasteiger partial charge in [0.1, 0.15) is 5.82 Å². The van der Waals surface area contributed by atoms with E-state index in [9.17, 15) is 31.1 Å². The van der Waals surface area contributed by atoms with Crippen molar-refractivity contribution in [1.29, 1.82) is 0 Å². The van der Waals surface area contributed by atoms with Crippen LogP contribution in [0.5, 0.6) is 0 Å². The van der Waals surface area contributed by atoms with Crippen molar-refractivity contribution in [3.05, 3.63) is 29.6 Å².